The van der Waals surface area contributed by atoms with E-state index in [9.17, 15) is 9.59 Å². The van der Waals surface area contributed by atoms with E-state index in [4.69, 9.17) is 11.6 Å². The van der Waals surface area contributed by atoms with Gasteiger partial charge < -0.3 is 10.6 Å². The molecule has 1 aliphatic heterocycles. The molecular formula is C9H9ClN4O2. The van der Waals surface area contributed by atoms with Gasteiger partial charge in [0.2, 0.25) is 5.91 Å². The van der Waals surface area contributed by atoms with Crippen molar-refractivity contribution in [3.63, 3.8) is 0 Å². The molecule has 1 aromatic heterocycles. The maximum absolute atomic E-state index is 11.6. The summed E-state index contributed by atoms with van der Waals surface area (Å²) in [7, 11) is 0. The number of rotatable bonds is 2. The summed E-state index contributed by atoms with van der Waals surface area (Å²) >= 11 is 5.55. The Morgan fingerprint density at radius 1 is 1.50 bits per heavy atom. The zero-order chi connectivity index (χ0) is 11.5. The van der Waals surface area contributed by atoms with E-state index in [0.717, 1.165) is 0 Å². The van der Waals surface area contributed by atoms with Crippen LogP contribution in [0.4, 0.5) is 0 Å². The summed E-state index contributed by atoms with van der Waals surface area (Å²) < 4.78 is 0. The molecule has 1 saturated heterocycles. The van der Waals surface area contributed by atoms with Crippen molar-refractivity contribution in [1.82, 2.24) is 20.8 Å². The number of nitrogens with one attached hydrogen (secondary N) is 2. The van der Waals surface area contributed by atoms with Crippen LogP contribution in [-0.2, 0) is 4.79 Å². The van der Waals surface area contributed by atoms with Crippen LogP contribution in [-0.4, -0.2) is 34.6 Å². The minimum absolute atomic E-state index is 0.0625. The summed E-state index contributed by atoms with van der Waals surface area (Å²) in [5, 5.41) is 12.7. The Hall–Kier alpha value is -1.69. The highest BCUT2D eigenvalue weighted by atomic mass is 35.5. The van der Waals surface area contributed by atoms with Gasteiger partial charge in [0.25, 0.3) is 5.91 Å². The fourth-order valence-corrected chi connectivity index (χ4v) is 1.50. The number of carbonyl (C=O) groups is 2. The van der Waals surface area contributed by atoms with E-state index in [1.165, 1.54) is 12.1 Å². The molecule has 1 atom stereocenters. The molecule has 16 heavy (non-hydrogen) atoms. The van der Waals surface area contributed by atoms with Gasteiger partial charge in [-0.05, 0) is 12.1 Å². The Bertz CT molecular complexity index is 420. The van der Waals surface area contributed by atoms with Gasteiger partial charge in [-0.2, -0.15) is 0 Å². The fraction of sp³-hybridized carbons (Fsp3) is 0.333. The molecule has 1 aromatic rings. The lowest BCUT2D eigenvalue weighted by Gasteiger charge is -2.08. The number of amides is 2. The zero-order valence-corrected chi connectivity index (χ0v) is 8.99. The molecule has 0 radical (unpaired) electrons. The normalized spacial score (nSPS) is 19.3. The van der Waals surface area contributed by atoms with Gasteiger partial charge in [0.15, 0.2) is 10.8 Å². The molecule has 0 saturated carbocycles. The van der Waals surface area contributed by atoms with E-state index in [2.05, 4.69) is 20.8 Å². The summed E-state index contributed by atoms with van der Waals surface area (Å²) in [6.45, 7) is 0.450. The highest BCUT2D eigenvalue weighted by molar-refractivity contribution is 6.29. The van der Waals surface area contributed by atoms with Crippen molar-refractivity contribution < 1.29 is 9.59 Å². The summed E-state index contributed by atoms with van der Waals surface area (Å²) in [5.41, 5.74) is 0.184. The predicted octanol–water partition coefficient (Wildman–Crippen LogP) is -0.252. The second kappa shape index (κ2) is 4.44. The van der Waals surface area contributed by atoms with E-state index < -0.39 is 0 Å². The average Bonchev–Trinajstić information content (AvgIpc) is 2.65. The second-order valence-electron chi connectivity index (χ2n) is 3.42. The van der Waals surface area contributed by atoms with Crippen molar-refractivity contribution in [2.45, 2.75) is 12.5 Å². The standard InChI is InChI=1S/C9H9ClN4O2/c10-7-2-1-6(13-14-7)9(16)12-5-3-8(15)11-4-5/h1-2,5H,3-4H2,(H,11,15)(H,12,16). The fourth-order valence-electron chi connectivity index (χ4n) is 1.40. The van der Waals surface area contributed by atoms with Crippen molar-refractivity contribution in [3.05, 3.63) is 23.0 Å². The van der Waals surface area contributed by atoms with Crippen LogP contribution in [0.3, 0.4) is 0 Å². The Morgan fingerprint density at radius 2 is 2.31 bits per heavy atom. The van der Waals surface area contributed by atoms with Crippen LogP contribution in [0.1, 0.15) is 16.9 Å². The summed E-state index contributed by atoms with van der Waals surface area (Å²) in [5.74, 6) is -0.418. The molecule has 1 fully saturated rings. The molecule has 0 aliphatic carbocycles. The Balaban J connectivity index is 1.98. The highest BCUT2D eigenvalue weighted by Crippen LogP contribution is 2.04. The third-order valence-electron chi connectivity index (χ3n) is 2.18. The van der Waals surface area contributed by atoms with Gasteiger partial charge in [-0.25, -0.2) is 0 Å². The summed E-state index contributed by atoms with van der Waals surface area (Å²) in [6, 6.07) is 2.79. The summed E-state index contributed by atoms with van der Waals surface area (Å²) in [6.07, 6.45) is 0.298. The minimum Gasteiger partial charge on any atom is -0.354 e. The topological polar surface area (TPSA) is 84.0 Å². The third-order valence-corrected chi connectivity index (χ3v) is 2.38. The van der Waals surface area contributed by atoms with Crippen molar-refractivity contribution >= 4 is 23.4 Å². The summed E-state index contributed by atoms with van der Waals surface area (Å²) in [4.78, 5) is 22.5. The van der Waals surface area contributed by atoms with Crippen LogP contribution >= 0.6 is 11.6 Å². The first-order valence-electron chi connectivity index (χ1n) is 4.72. The lowest BCUT2D eigenvalue weighted by molar-refractivity contribution is -0.119. The van der Waals surface area contributed by atoms with Crippen LogP contribution in [0, 0.1) is 0 Å². The molecule has 7 heteroatoms. The first-order chi connectivity index (χ1) is 7.65. The smallest absolute Gasteiger partial charge is 0.272 e. The molecule has 1 unspecified atom stereocenters. The predicted molar refractivity (Wildman–Crippen MR) is 55.9 cm³/mol. The largest absolute Gasteiger partial charge is 0.354 e. The van der Waals surface area contributed by atoms with Gasteiger partial charge >= 0.3 is 0 Å². The molecule has 0 spiro atoms. The lowest BCUT2D eigenvalue weighted by atomic mass is 10.2. The van der Waals surface area contributed by atoms with Gasteiger partial charge in [-0.1, -0.05) is 11.6 Å². The third kappa shape index (κ3) is 2.46. The SMILES string of the molecule is O=C1CC(NC(=O)c2ccc(Cl)nn2)CN1. The Labute approximate surface area is 96.4 Å². The first-order valence-corrected chi connectivity index (χ1v) is 5.10. The monoisotopic (exact) mass is 240 g/mol. The number of hydrogen-bond donors (Lipinski definition) is 2. The molecule has 2 heterocycles. The maximum atomic E-state index is 11.6. The van der Waals surface area contributed by atoms with Crippen LogP contribution < -0.4 is 10.6 Å². The van der Waals surface area contributed by atoms with Gasteiger partial charge in [0, 0.05) is 13.0 Å². The second-order valence-corrected chi connectivity index (χ2v) is 3.81. The highest BCUT2D eigenvalue weighted by Gasteiger charge is 2.23. The molecule has 2 amide bonds. The van der Waals surface area contributed by atoms with Crippen molar-refractivity contribution in [1.29, 1.82) is 0 Å². The Kier molecular flexibility index (Phi) is 3.00. The Morgan fingerprint density at radius 3 is 2.88 bits per heavy atom. The molecule has 0 bridgehead atoms. The molecule has 0 aromatic carbocycles. The number of carbonyl (C=O) groups excluding carboxylic acids is 2. The van der Waals surface area contributed by atoms with Crippen LogP contribution in [0.5, 0.6) is 0 Å². The van der Waals surface area contributed by atoms with E-state index in [-0.39, 0.29) is 28.7 Å². The number of aromatic nitrogens is 2. The zero-order valence-electron chi connectivity index (χ0n) is 8.24. The van der Waals surface area contributed by atoms with Crippen LogP contribution in [0.25, 0.3) is 0 Å². The molecule has 84 valence electrons. The first kappa shape index (κ1) is 10.8. The van der Waals surface area contributed by atoms with Gasteiger partial charge in [0.05, 0.1) is 6.04 Å². The molecule has 6 nitrogen and oxygen atoms in total. The molecule has 2 N–H and O–H groups in total. The van der Waals surface area contributed by atoms with Crippen molar-refractivity contribution in [3.8, 4) is 0 Å². The van der Waals surface area contributed by atoms with E-state index in [1.54, 1.807) is 0 Å². The number of hydrogen-bond acceptors (Lipinski definition) is 4. The lowest BCUT2D eigenvalue weighted by Crippen LogP contribution is -2.36. The maximum Gasteiger partial charge on any atom is 0.272 e. The van der Waals surface area contributed by atoms with Crippen LogP contribution in [0.2, 0.25) is 5.15 Å². The minimum atomic E-state index is -0.356. The number of halogens is 1. The van der Waals surface area contributed by atoms with Gasteiger partial charge in [-0.15, -0.1) is 10.2 Å². The van der Waals surface area contributed by atoms with Crippen molar-refractivity contribution in [2.24, 2.45) is 0 Å². The van der Waals surface area contributed by atoms with Crippen molar-refractivity contribution in [2.75, 3.05) is 6.54 Å². The van der Waals surface area contributed by atoms with E-state index >= 15 is 0 Å². The van der Waals surface area contributed by atoms with Gasteiger partial charge in [0.1, 0.15) is 0 Å². The molecule has 1 aliphatic rings. The molecule has 2 rings (SSSR count). The average molecular weight is 241 g/mol. The number of nitrogens with zero attached hydrogens (tertiary/aromatic N) is 2. The molecular weight excluding hydrogens is 232 g/mol. The quantitative estimate of drug-likeness (QED) is 0.747. The van der Waals surface area contributed by atoms with Gasteiger partial charge in [-0.3, -0.25) is 9.59 Å². The van der Waals surface area contributed by atoms with Crippen LogP contribution in [0.15, 0.2) is 12.1 Å². The van der Waals surface area contributed by atoms with E-state index in [0.29, 0.717) is 13.0 Å². The van der Waals surface area contributed by atoms with E-state index in [1.807, 2.05) is 0 Å².